The third-order valence-corrected chi connectivity index (χ3v) is 6.67. The van der Waals surface area contributed by atoms with Gasteiger partial charge in [-0.1, -0.05) is 83.3 Å². The van der Waals surface area contributed by atoms with Gasteiger partial charge < -0.3 is 14.2 Å². The molecule has 0 unspecified atom stereocenters. The summed E-state index contributed by atoms with van der Waals surface area (Å²) in [6.07, 6.45) is 8.90. The highest BCUT2D eigenvalue weighted by molar-refractivity contribution is 5.70. The Hall–Kier alpha value is -3.54. The topological polar surface area (TPSA) is 76.1 Å². The lowest BCUT2D eigenvalue weighted by Gasteiger charge is -2.26. The van der Waals surface area contributed by atoms with Crippen molar-refractivity contribution in [2.45, 2.75) is 78.4 Å². The van der Waals surface area contributed by atoms with Crippen molar-refractivity contribution in [3.05, 3.63) is 83.1 Å². The van der Waals surface area contributed by atoms with Crippen molar-refractivity contribution in [1.82, 2.24) is 15.0 Å². The second-order valence-corrected chi connectivity index (χ2v) is 8.57. The summed E-state index contributed by atoms with van der Waals surface area (Å²) < 4.78 is 11.9. The molecule has 1 saturated heterocycles. The van der Waals surface area contributed by atoms with Gasteiger partial charge in [0.05, 0.1) is 30.2 Å². The Morgan fingerprint density at radius 2 is 1.92 bits per heavy atom. The predicted molar refractivity (Wildman–Crippen MR) is 150 cm³/mol. The van der Waals surface area contributed by atoms with Crippen LogP contribution in [0.4, 0.5) is 0 Å². The number of aromatic nitrogens is 2. The normalized spacial score (nSPS) is 21.9. The van der Waals surface area contributed by atoms with Crippen LogP contribution in [0.5, 0.6) is 0 Å². The standard InChI is InChI=1S/C26H27N5O2.2C2H6/c1-4-18-9-11-19(12-10-18)22-14-26(6-3,16-32-22)25-29-23(33-30-25)15-31-17-28-24-20(21(31)5-2)8-7-13-27-24;2*1-2/h4,9-13,17,22H,1-2,6-8,14-16H2,3H3;2*1-2H3/t22-,26+;;/m1../s1. The number of hydrogen-bond acceptors (Lipinski definition) is 7. The molecule has 0 N–H and O–H groups in total. The maximum Gasteiger partial charge on any atom is 0.246 e. The molecule has 5 rings (SSSR count). The minimum atomic E-state index is -0.273. The van der Waals surface area contributed by atoms with Gasteiger partial charge in [-0.05, 0) is 36.8 Å². The first-order valence-corrected chi connectivity index (χ1v) is 13.3. The molecule has 0 amide bonds. The smallest absolute Gasteiger partial charge is 0.246 e. The summed E-state index contributed by atoms with van der Waals surface area (Å²) in [5.74, 6) is 1.96. The van der Waals surface area contributed by atoms with E-state index < -0.39 is 0 Å². The van der Waals surface area contributed by atoms with E-state index in [9.17, 15) is 0 Å². The van der Waals surface area contributed by atoms with Crippen LogP contribution in [0, 0.1) is 0 Å². The zero-order valence-corrected chi connectivity index (χ0v) is 22.8. The lowest BCUT2D eigenvalue weighted by Crippen LogP contribution is -2.28. The molecule has 1 aromatic carbocycles. The summed E-state index contributed by atoms with van der Waals surface area (Å²) in [7, 11) is 0. The SMILES string of the molecule is C=C=C1C2=C(N=CCC2)N=CN1Cc1nc([C@]2(CC)CO[C@@H](c3ccc(C=C)cc3)C2)no1.CC.CC. The molecular formula is C30H39N5O2. The highest BCUT2D eigenvalue weighted by Gasteiger charge is 2.44. The highest BCUT2D eigenvalue weighted by atomic mass is 16.5. The van der Waals surface area contributed by atoms with Crippen molar-refractivity contribution in [3.8, 4) is 0 Å². The molecule has 0 radical (unpaired) electrons. The van der Waals surface area contributed by atoms with E-state index in [-0.39, 0.29) is 11.5 Å². The molecule has 7 heteroatoms. The Morgan fingerprint density at radius 3 is 2.59 bits per heavy atom. The van der Waals surface area contributed by atoms with Crippen molar-refractivity contribution < 1.29 is 9.26 Å². The Kier molecular flexibility index (Phi) is 9.95. The monoisotopic (exact) mass is 501 g/mol. The molecule has 37 heavy (non-hydrogen) atoms. The van der Waals surface area contributed by atoms with Gasteiger partial charge in [-0.3, -0.25) is 0 Å². The quantitative estimate of drug-likeness (QED) is 0.392. The van der Waals surface area contributed by atoms with Crippen LogP contribution in [0.25, 0.3) is 6.08 Å². The van der Waals surface area contributed by atoms with Crippen LogP contribution in [-0.4, -0.2) is 34.2 Å². The number of aliphatic imine (C=N–C) groups is 2. The zero-order chi connectivity index (χ0) is 26.8. The van der Waals surface area contributed by atoms with Crippen LogP contribution in [0.3, 0.4) is 0 Å². The van der Waals surface area contributed by atoms with Crippen LogP contribution in [0.15, 0.2) is 74.8 Å². The fraction of sp³-hybridized carbons (Fsp3) is 0.433. The summed E-state index contributed by atoms with van der Waals surface area (Å²) in [5.41, 5.74) is 6.94. The van der Waals surface area contributed by atoms with E-state index >= 15 is 0 Å². The highest BCUT2D eigenvalue weighted by Crippen LogP contribution is 2.44. The molecule has 1 fully saturated rings. The van der Waals surface area contributed by atoms with Crippen molar-refractivity contribution in [1.29, 1.82) is 0 Å². The third-order valence-electron chi connectivity index (χ3n) is 6.67. The van der Waals surface area contributed by atoms with Gasteiger partial charge in [0, 0.05) is 11.8 Å². The summed E-state index contributed by atoms with van der Waals surface area (Å²) in [4.78, 5) is 15.6. The number of hydrogen-bond donors (Lipinski definition) is 0. The molecule has 2 aromatic rings. The largest absolute Gasteiger partial charge is 0.372 e. The lowest BCUT2D eigenvalue weighted by atomic mass is 9.81. The van der Waals surface area contributed by atoms with Crippen molar-refractivity contribution in [2.24, 2.45) is 9.98 Å². The molecule has 0 spiro atoms. The fourth-order valence-corrected chi connectivity index (χ4v) is 4.60. The summed E-state index contributed by atoms with van der Waals surface area (Å²) in [6.45, 7) is 18.8. The first kappa shape index (κ1) is 28.0. The van der Waals surface area contributed by atoms with Crippen molar-refractivity contribution >= 4 is 18.6 Å². The van der Waals surface area contributed by atoms with E-state index in [0.717, 1.165) is 53.9 Å². The molecule has 0 saturated carbocycles. The van der Waals surface area contributed by atoms with E-state index in [1.54, 1.807) is 6.34 Å². The maximum absolute atomic E-state index is 6.21. The van der Waals surface area contributed by atoms with E-state index in [1.807, 2.05) is 44.9 Å². The average molecular weight is 502 g/mol. The van der Waals surface area contributed by atoms with Gasteiger partial charge >= 0.3 is 0 Å². The van der Waals surface area contributed by atoms with Crippen LogP contribution in [0.2, 0.25) is 0 Å². The zero-order valence-electron chi connectivity index (χ0n) is 22.8. The van der Waals surface area contributed by atoms with E-state index in [2.05, 4.69) is 65.2 Å². The molecule has 0 aliphatic carbocycles. The van der Waals surface area contributed by atoms with Crippen LogP contribution in [0.1, 0.15) is 89.2 Å². The van der Waals surface area contributed by atoms with E-state index in [0.29, 0.717) is 24.9 Å². The number of allylic oxidation sites excluding steroid dienone is 1. The van der Waals surface area contributed by atoms with Gasteiger partial charge in [0.2, 0.25) is 5.89 Å². The third kappa shape index (κ3) is 5.90. The number of ether oxygens (including phenoxy) is 1. The Labute approximate surface area is 221 Å². The molecule has 3 aliphatic rings. The van der Waals surface area contributed by atoms with Crippen molar-refractivity contribution in [2.75, 3.05) is 6.61 Å². The molecule has 1 aromatic heterocycles. The number of benzene rings is 1. The first-order chi connectivity index (χ1) is 18.2. The predicted octanol–water partition coefficient (Wildman–Crippen LogP) is 7.16. The molecule has 196 valence electrons. The van der Waals surface area contributed by atoms with Gasteiger partial charge in [-0.15, -0.1) is 5.73 Å². The summed E-state index contributed by atoms with van der Waals surface area (Å²) >= 11 is 0. The Balaban J connectivity index is 0.000000907. The molecule has 4 heterocycles. The van der Waals surface area contributed by atoms with E-state index in [4.69, 9.17) is 14.2 Å². The molecule has 7 nitrogen and oxygen atoms in total. The second kappa shape index (κ2) is 13.1. The van der Waals surface area contributed by atoms with Crippen LogP contribution < -0.4 is 0 Å². The van der Waals surface area contributed by atoms with Crippen LogP contribution in [-0.2, 0) is 16.7 Å². The minimum Gasteiger partial charge on any atom is -0.372 e. The molecule has 0 bridgehead atoms. The van der Waals surface area contributed by atoms with Gasteiger partial charge in [0.15, 0.2) is 11.6 Å². The molecular weight excluding hydrogens is 462 g/mol. The summed E-state index contributed by atoms with van der Waals surface area (Å²) in [6, 6.07) is 8.33. The van der Waals surface area contributed by atoms with Gasteiger partial charge in [-0.2, -0.15) is 4.98 Å². The second-order valence-electron chi connectivity index (χ2n) is 8.57. The maximum atomic E-state index is 6.21. The average Bonchev–Trinajstić information content (AvgIpc) is 3.63. The molecule has 3 aliphatic heterocycles. The van der Waals surface area contributed by atoms with E-state index in [1.165, 1.54) is 0 Å². The number of nitrogens with zero attached hydrogens (tertiary/aromatic N) is 5. The van der Waals surface area contributed by atoms with Gasteiger partial charge in [0.1, 0.15) is 6.54 Å². The van der Waals surface area contributed by atoms with Gasteiger partial charge in [-0.25, -0.2) is 9.98 Å². The van der Waals surface area contributed by atoms with Crippen molar-refractivity contribution in [3.63, 3.8) is 0 Å². The Bertz CT molecular complexity index is 1200. The fourth-order valence-electron chi connectivity index (χ4n) is 4.60. The summed E-state index contributed by atoms with van der Waals surface area (Å²) in [5, 5.41) is 4.36. The number of rotatable bonds is 6. The lowest BCUT2D eigenvalue weighted by molar-refractivity contribution is 0.103. The Morgan fingerprint density at radius 1 is 1.16 bits per heavy atom. The van der Waals surface area contributed by atoms with Gasteiger partial charge in [0.25, 0.3) is 0 Å². The molecule has 2 atom stereocenters. The van der Waals surface area contributed by atoms with Crippen LogP contribution >= 0.6 is 0 Å². The first-order valence-electron chi connectivity index (χ1n) is 13.3. The minimum absolute atomic E-state index is 0.00695.